The molecule has 31 heavy (non-hydrogen) atoms. The Labute approximate surface area is 186 Å². The molecule has 2 aliphatic rings. The number of hydrogen-bond acceptors (Lipinski definition) is 4. The summed E-state index contributed by atoms with van der Waals surface area (Å²) in [4.78, 5) is 16.3. The van der Waals surface area contributed by atoms with Crippen LogP contribution < -0.4 is 0 Å². The number of carbonyl (C=O) groups excluding carboxylic acids is 1. The van der Waals surface area contributed by atoms with E-state index in [1.807, 2.05) is 11.0 Å². The number of fused-ring (bicyclic) bond motifs is 2. The Morgan fingerprint density at radius 1 is 1.23 bits per heavy atom. The molecule has 1 N–H and O–H groups in total. The Morgan fingerprint density at radius 2 is 1.94 bits per heavy atom. The fourth-order valence-corrected chi connectivity index (χ4v) is 4.36. The summed E-state index contributed by atoms with van der Waals surface area (Å²) in [5, 5.41) is 8.61. The van der Waals surface area contributed by atoms with Crippen molar-refractivity contribution >= 4 is 16.8 Å². The number of hydrogen-bond donors (Lipinski definition) is 1. The molecule has 6 nitrogen and oxygen atoms in total. The van der Waals surface area contributed by atoms with E-state index in [0.29, 0.717) is 13.0 Å². The molecule has 0 spiro atoms. The van der Waals surface area contributed by atoms with E-state index in [2.05, 4.69) is 56.1 Å². The van der Waals surface area contributed by atoms with Gasteiger partial charge in [-0.25, -0.2) is 0 Å². The first-order chi connectivity index (χ1) is 15.1. The van der Waals surface area contributed by atoms with Gasteiger partial charge in [0.05, 0.1) is 17.8 Å². The number of rotatable bonds is 4. The minimum Gasteiger partial charge on any atom is -0.388 e. The van der Waals surface area contributed by atoms with E-state index in [0.717, 1.165) is 60.3 Å². The third-order valence-corrected chi connectivity index (χ3v) is 5.83. The molecule has 6 heteroatoms. The summed E-state index contributed by atoms with van der Waals surface area (Å²) in [6.07, 6.45) is 7.38. The van der Waals surface area contributed by atoms with E-state index < -0.39 is 0 Å². The number of ether oxygens (including phenoxy) is 1. The van der Waals surface area contributed by atoms with Crippen LogP contribution in [-0.4, -0.2) is 46.7 Å². The molecule has 163 valence electrons. The maximum atomic E-state index is 12.0. The number of nitrogens with one attached hydrogen (secondary N) is 1. The quantitative estimate of drug-likeness (QED) is 0.654. The Bertz CT molecular complexity index is 1110. The molecule has 0 saturated carbocycles. The number of benzene rings is 2. The molecule has 3 heterocycles. The van der Waals surface area contributed by atoms with Crippen molar-refractivity contribution < 1.29 is 12.4 Å². The molecule has 0 aliphatic carbocycles. The predicted molar refractivity (Wildman–Crippen MR) is 124 cm³/mol. The van der Waals surface area contributed by atoms with Crippen LogP contribution in [-0.2, 0) is 35.7 Å². The van der Waals surface area contributed by atoms with Crippen LogP contribution in [0.3, 0.4) is 0 Å². The molecule has 1 fully saturated rings. The average Bonchev–Trinajstić information content (AvgIpc) is 3.47. The van der Waals surface area contributed by atoms with Gasteiger partial charge < -0.3 is 9.64 Å². The summed E-state index contributed by atoms with van der Waals surface area (Å²) >= 11 is 0. The molecular formula is C25H31N4O2. The highest BCUT2D eigenvalue weighted by molar-refractivity contribution is 5.85. The van der Waals surface area contributed by atoms with E-state index in [4.69, 9.17) is 6.42 Å². The van der Waals surface area contributed by atoms with Crippen molar-refractivity contribution in [3.63, 3.8) is 0 Å². The molecule has 1 amide bonds. The smallest absolute Gasteiger partial charge is 0.222 e. The van der Waals surface area contributed by atoms with Crippen molar-refractivity contribution in [1.82, 2.24) is 20.0 Å². The number of likely N-dealkylation sites (tertiary alicyclic amines) is 1. The number of nitrogens with zero attached hydrogens (tertiary/aromatic N) is 3. The lowest BCUT2D eigenvalue weighted by Gasteiger charge is -2.17. The second kappa shape index (κ2) is 9.34. The highest BCUT2D eigenvalue weighted by Gasteiger charge is 2.23. The Kier molecular flexibility index (Phi) is 6.36. The van der Waals surface area contributed by atoms with Crippen LogP contribution >= 0.6 is 0 Å². The van der Waals surface area contributed by atoms with Gasteiger partial charge in [-0.3, -0.25) is 14.8 Å². The number of aromatic nitrogens is 2. The Hall–Kier alpha value is -3.14. The van der Waals surface area contributed by atoms with Gasteiger partial charge in [0.25, 0.3) is 0 Å². The molecule has 0 atom stereocenters. The number of carbonyl (C=O) groups is 1. The maximum absolute atomic E-state index is 12.0. The van der Waals surface area contributed by atoms with Gasteiger partial charge in [-0.05, 0) is 35.2 Å². The zero-order chi connectivity index (χ0) is 21.8. The van der Waals surface area contributed by atoms with Crippen LogP contribution in [0.4, 0.5) is 0 Å². The Balaban J connectivity index is 0.000000733. The van der Waals surface area contributed by atoms with Crippen LogP contribution in [0, 0.1) is 12.3 Å². The summed E-state index contributed by atoms with van der Waals surface area (Å²) in [5.41, 5.74) is 6.66. The number of aromatic amines is 1. The van der Waals surface area contributed by atoms with Crippen molar-refractivity contribution in [3.8, 4) is 12.3 Å². The highest BCUT2D eigenvalue weighted by Crippen LogP contribution is 2.28. The lowest BCUT2D eigenvalue weighted by atomic mass is 10.0. The van der Waals surface area contributed by atoms with Gasteiger partial charge in [0.15, 0.2) is 0 Å². The van der Waals surface area contributed by atoms with E-state index in [1.54, 1.807) is 14.2 Å². The standard InChI is InChI=1S/C23H22N4O.C2H6O.H2.H/c1-2-16-11-21-20(22(25-24-21)15-27-9-5-8-23(27)28)10-19(16)14-26-12-17-6-3-4-7-18(17)13-26;1-3-2;;/h1,3-4,6-7,10-11H,5,8-9,12-15H2,(H,24,25);1-2H3;1H;. The Morgan fingerprint density at radius 3 is 2.55 bits per heavy atom. The van der Waals surface area contributed by atoms with Gasteiger partial charge in [-0.2, -0.15) is 5.10 Å². The predicted octanol–water partition coefficient (Wildman–Crippen LogP) is 3.80. The molecule has 3 aromatic rings. The van der Waals surface area contributed by atoms with Crippen LogP contribution in [0.2, 0.25) is 0 Å². The fraction of sp³-hybridized carbons (Fsp3) is 0.360. The number of amides is 1. The molecule has 0 bridgehead atoms. The first kappa shape index (κ1) is 21.1. The summed E-state index contributed by atoms with van der Waals surface area (Å²) in [5.74, 6) is 3.05. The highest BCUT2D eigenvalue weighted by atomic mass is 16.4. The number of terminal acetylenes is 1. The minimum absolute atomic E-state index is 0. The summed E-state index contributed by atoms with van der Waals surface area (Å²) in [7, 11) is 3.25. The SMILES string of the molecule is C#Cc1cc2n[nH]c(CN3CCCC3=O)c2cc1CN1Cc2ccccc2C1.COC.[HH].[H]. The average molecular weight is 420 g/mol. The summed E-state index contributed by atoms with van der Waals surface area (Å²) in [6.45, 7) is 4.09. The van der Waals surface area contributed by atoms with Crippen LogP contribution in [0.15, 0.2) is 36.4 Å². The lowest BCUT2D eigenvalue weighted by molar-refractivity contribution is -0.128. The summed E-state index contributed by atoms with van der Waals surface area (Å²) in [6, 6.07) is 12.7. The third-order valence-electron chi connectivity index (χ3n) is 5.83. The van der Waals surface area contributed by atoms with E-state index in [-0.39, 0.29) is 8.76 Å². The molecule has 0 unspecified atom stereocenters. The van der Waals surface area contributed by atoms with Crippen molar-refractivity contribution in [2.24, 2.45) is 0 Å². The van der Waals surface area contributed by atoms with Gasteiger partial charge in [0.1, 0.15) is 0 Å². The maximum Gasteiger partial charge on any atom is 0.222 e. The van der Waals surface area contributed by atoms with Crippen molar-refractivity contribution in [3.05, 3.63) is 64.3 Å². The van der Waals surface area contributed by atoms with Gasteiger partial charge in [-0.1, -0.05) is 30.2 Å². The largest absolute Gasteiger partial charge is 0.388 e. The number of methoxy groups -OCH3 is 1. The monoisotopic (exact) mass is 419 g/mol. The molecule has 5 rings (SSSR count). The first-order valence-electron chi connectivity index (χ1n) is 10.6. The van der Waals surface area contributed by atoms with Crippen molar-refractivity contribution in [2.45, 2.75) is 39.0 Å². The van der Waals surface area contributed by atoms with Crippen LogP contribution in [0.5, 0.6) is 0 Å². The minimum atomic E-state index is 0. The van der Waals surface area contributed by atoms with E-state index in [9.17, 15) is 4.79 Å². The lowest BCUT2D eigenvalue weighted by Crippen LogP contribution is -2.24. The van der Waals surface area contributed by atoms with E-state index >= 15 is 0 Å². The second-order valence-electron chi connectivity index (χ2n) is 8.11. The topological polar surface area (TPSA) is 61.5 Å². The molecule has 2 aromatic carbocycles. The zero-order valence-electron chi connectivity index (χ0n) is 19.1. The van der Waals surface area contributed by atoms with Gasteiger partial charge in [0, 0.05) is 60.6 Å². The molecule has 2 aliphatic heterocycles. The van der Waals surface area contributed by atoms with Crippen LogP contribution in [0.1, 0.15) is 43.6 Å². The molecule has 1 radical (unpaired) electrons. The number of H-pyrrole nitrogens is 1. The van der Waals surface area contributed by atoms with Gasteiger partial charge in [0.2, 0.25) is 5.91 Å². The normalized spacial score (nSPS) is 15.6. The van der Waals surface area contributed by atoms with Crippen molar-refractivity contribution in [2.75, 3.05) is 20.8 Å². The van der Waals surface area contributed by atoms with Crippen molar-refractivity contribution in [1.29, 1.82) is 0 Å². The fourth-order valence-electron chi connectivity index (χ4n) is 4.36. The van der Waals surface area contributed by atoms with Gasteiger partial charge in [-0.15, -0.1) is 6.42 Å². The molecule has 1 saturated heterocycles. The summed E-state index contributed by atoms with van der Waals surface area (Å²) < 4.78 is 4.25. The zero-order valence-corrected chi connectivity index (χ0v) is 18.1. The second-order valence-corrected chi connectivity index (χ2v) is 8.11. The first-order valence-corrected chi connectivity index (χ1v) is 10.6. The van der Waals surface area contributed by atoms with Crippen LogP contribution in [0.25, 0.3) is 10.9 Å². The molecular weight excluding hydrogens is 388 g/mol. The van der Waals surface area contributed by atoms with Gasteiger partial charge >= 0.3 is 0 Å². The van der Waals surface area contributed by atoms with E-state index in [1.165, 1.54) is 11.1 Å². The molecule has 1 aromatic heterocycles. The third kappa shape index (κ3) is 4.48.